The molecule has 4 nitrogen and oxygen atoms in total. The van der Waals surface area contributed by atoms with Gasteiger partial charge in [0.15, 0.2) is 0 Å². The smallest absolute Gasteiger partial charge is 0.232 e. The molecule has 0 spiro atoms. The molecule has 0 atom stereocenters. The van der Waals surface area contributed by atoms with Gasteiger partial charge in [0.2, 0.25) is 10.0 Å². The molecule has 0 radical (unpaired) electrons. The van der Waals surface area contributed by atoms with Crippen molar-refractivity contribution in [1.82, 2.24) is 5.32 Å². The fraction of sp³-hybridized carbons (Fsp3) is 0.538. The number of nitrogens with one attached hydrogen (secondary N) is 2. The second kappa shape index (κ2) is 7.45. The zero-order chi connectivity index (χ0) is 14.3. The molecule has 1 aromatic carbocycles. The largest absolute Gasteiger partial charge is 0.317 e. The van der Waals surface area contributed by atoms with Gasteiger partial charge in [-0.25, -0.2) is 12.8 Å². The first-order chi connectivity index (χ1) is 8.96. The highest BCUT2D eigenvalue weighted by atomic mass is 32.2. The summed E-state index contributed by atoms with van der Waals surface area (Å²) in [4.78, 5) is 0. The molecule has 0 unspecified atom stereocenters. The van der Waals surface area contributed by atoms with E-state index in [0.717, 1.165) is 13.0 Å². The topological polar surface area (TPSA) is 58.2 Å². The van der Waals surface area contributed by atoms with Gasteiger partial charge in [-0.3, -0.25) is 4.72 Å². The summed E-state index contributed by atoms with van der Waals surface area (Å²) in [5.74, 6) is -0.385. The van der Waals surface area contributed by atoms with Crippen molar-refractivity contribution in [1.29, 1.82) is 0 Å². The Morgan fingerprint density at radius 3 is 2.68 bits per heavy atom. The van der Waals surface area contributed by atoms with Gasteiger partial charge in [-0.15, -0.1) is 0 Å². The van der Waals surface area contributed by atoms with E-state index in [0.29, 0.717) is 24.2 Å². The third kappa shape index (κ3) is 5.57. The first kappa shape index (κ1) is 15.9. The maximum atomic E-state index is 13.3. The summed E-state index contributed by atoms with van der Waals surface area (Å²) in [6.07, 6.45) is 1.55. The van der Waals surface area contributed by atoms with E-state index in [9.17, 15) is 12.8 Å². The Labute approximate surface area is 114 Å². The van der Waals surface area contributed by atoms with E-state index in [1.54, 1.807) is 13.0 Å². The predicted molar refractivity (Wildman–Crippen MR) is 76.3 cm³/mol. The molecular weight excluding hydrogens is 267 g/mol. The fourth-order valence-electron chi connectivity index (χ4n) is 1.63. The highest BCUT2D eigenvalue weighted by molar-refractivity contribution is 7.92. The Balaban J connectivity index is 2.52. The van der Waals surface area contributed by atoms with Crippen LogP contribution in [0.1, 0.15) is 25.3 Å². The molecule has 1 rings (SSSR count). The number of benzene rings is 1. The summed E-state index contributed by atoms with van der Waals surface area (Å²) >= 11 is 0. The van der Waals surface area contributed by atoms with Crippen LogP contribution in [0.15, 0.2) is 18.2 Å². The van der Waals surface area contributed by atoms with Crippen molar-refractivity contribution >= 4 is 15.7 Å². The Bertz CT molecular complexity index is 503. The average Bonchev–Trinajstić information content (AvgIpc) is 2.34. The van der Waals surface area contributed by atoms with Crippen LogP contribution in [-0.2, 0) is 10.0 Å². The molecule has 2 N–H and O–H groups in total. The molecule has 0 saturated carbocycles. The number of hydrogen-bond acceptors (Lipinski definition) is 3. The monoisotopic (exact) mass is 288 g/mol. The van der Waals surface area contributed by atoms with Crippen LogP contribution in [0.4, 0.5) is 10.1 Å². The van der Waals surface area contributed by atoms with Gasteiger partial charge in [0.05, 0.1) is 11.4 Å². The van der Waals surface area contributed by atoms with Gasteiger partial charge in [0, 0.05) is 5.56 Å². The van der Waals surface area contributed by atoms with E-state index in [-0.39, 0.29) is 5.75 Å². The van der Waals surface area contributed by atoms with Crippen LogP contribution in [0.3, 0.4) is 0 Å². The number of anilines is 1. The molecule has 0 amide bonds. The maximum Gasteiger partial charge on any atom is 0.232 e. The Morgan fingerprint density at radius 1 is 1.26 bits per heavy atom. The number of rotatable bonds is 8. The SMILES string of the molecule is CCCNCCCS(=O)(=O)Nc1cccc(F)c1C. The van der Waals surface area contributed by atoms with Gasteiger partial charge in [0.25, 0.3) is 0 Å². The van der Waals surface area contributed by atoms with Crippen molar-refractivity contribution < 1.29 is 12.8 Å². The summed E-state index contributed by atoms with van der Waals surface area (Å²) in [5, 5.41) is 3.14. The molecule has 19 heavy (non-hydrogen) atoms. The first-order valence-electron chi connectivity index (χ1n) is 6.42. The average molecular weight is 288 g/mol. The fourth-order valence-corrected chi connectivity index (χ4v) is 2.81. The molecule has 0 aromatic heterocycles. The Hall–Kier alpha value is -1.14. The number of sulfonamides is 1. The quantitative estimate of drug-likeness (QED) is 0.721. The van der Waals surface area contributed by atoms with Gasteiger partial charge in [0.1, 0.15) is 5.82 Å². The summed E-state index contributed by atoms with van der Waals surface area (Å²) in [6.45, 7) is 5.15. The first-order valence-corrected chi connectivity index (χ1v) is 8.08. The molecule has 0 bridgehead atoms. The van der Waals surface area contributed by atoms with Crippen LogP contribution in [0, 0.1) is 12.7 Å². The molecule has 0 aliphatic heterocycles. The standard InChI is InChI=1S/C13H21FN2O2S/c1-3-8-15-9-5-10-19(17,18)16-13-7-4-6-12(14)11(13)2/h4,6-7,15-16H,3,5,8-10H2,1-2H3. The Morgan fingerprint density at radius 2 is 2.00 bits per heavy atom. The lowest BCUT2D eigenvalue weighted by Gasteiger charge is -2.11. The van der Waals surface area contributed by atoms with E-state index >= 15 is 0 Å². The minimum atomic E-state index is -3.42. The lowest BCUT2D eigenvalue weighted by molar-refractivity contribution is 0.593. The van der Waals surface area contributed by atoms with Crippen LogP contribution in [0.5, 0.6) is 0 Å². The second-order valence-electron chi connectivity index (χ2n) is 4.44. The normalized spacial score (nSPS) is 11.5. The van der Waals surface area contributed by atoms with E-state index < -0.39 is 15.8 Å². The van der Waals surface area contributed by atoms with Crippen LogP contribution in [0.2, 0.25) is 0 Å². The van der Waals surface area contributed by atoms with Crippen LogP contribution in [0.25, 0.3) is 0 Å². The number of halogens is 1. The molecule has 0 heterocycles. The lowest BCUT2D eigenvalue weighted by Crippen LogP contribution is -2.22. The highest BCUT2D eigenvalue weighted by Crippen LogP contribution is 2.18. The summed E-state index contributed by atoms with van der Waals surface area (Å²) in [6, 6.07) is 4.36. The van der Waals surface area contributed by atoms with Crippen molar-refractivity contribution in [2.24, 2.45) is 0 Å². The van der Waals surface area contributed by atoms with E-state index in [1.807, 2.05) is 0 Å². The van der Waals surface area contributed by atoms with E-state index in [2.05, 4.69) is 17.0 Å². The van der Waals surface area contributed by atoms with Crippen molar-refractivity contribution in [3.05, 3.63) is 29.6 Å². The molecule has 6 heteroatoms. The molecule has 0 fully saturated rings. The minimum absolute atomic E-state index is 0.0274. The van der Waals surface area contributed by atoms with Crippen LogP contribution < -0.4 is 10.0 Å². The summed E-state index contributed by atoms with van der Waals surface area (Å²) < 4.78 is 39.4. The molecular formula is C13H21FN2O2S. The molecule has 108 valence electrons. The number of hydrogen-bond donors (Lipinski definition) is 2. The third-order valence-corrected chi connectivity index (χ3v) is 4.08. The maximum absolute atomic E-state index is 13.3. The van der Waals surface area contributed by atoms with Crippen LogP contribution in [-0.4, -0.2) is 27.3 Å². The van der Waals surface area contributed by atoms with Gasteiger partial charge in [-0.1, -0.05) is 13.0 Å². The zero-order valence-corrected chi connectivity index (χ0v) is 12.2. The molecule has 0 aliphatic carbocycles. The third-order valence-electron chi connectivity index (χ3n) is 2.73. The second-order valence-corrected chi connectivity index (χ2v) is 6.28. The van der Waals surface area contributed by atoms with Gasteiger partial charge in [-0.05, 0) is 45.0 Å². The highest BCUT2D eigenvalue weighted by Gasteiger charge is 2.12. The lowest BCUT2D eigenvalue weighted by atomic mass is 10.2. The van der Waals surface area contributed by atoms with Crippen LogP contribution >= 0.6 is 0 Å². The van der Waals surface area contributed by atoms with Gasteiger partial charge >= 0.3 is 0 Å². The van der Waals surface area contributed by atoms with Gasteiger partial charge < -0.3 is 5.32 Å². The summed E-state index contributed by atoms with van der Waals surface area (Å²) in [5.41, 5.74) is 0.622. The zero-order valence-electron chi connectivity index (χ0n) is 11.4. The molecule has 1 aromatic rings. The van der Waals surface area contributed by atoms with Crippen molar-refractivity contribution in [2.45, 2.75) is 26.7 Å². The molecule has 0 aliphatic rings. The predicted octanol–water partition coefficient (Wildman–Crippen LogP) is 2.27. The summed E-state index contributed by atoms with van der Waals surface area (Å²) in [7, 11) is -3.42. The van der Waals surface area contributed by atoms with Gasteiger partial charge in [-0.2, -0.15) is 0 Å². The van der Waals surface area contributed by atoms with Crippen molar-refractivity contribution in [3.8, 4) is 0 Å². The van der Waals surface area contributed by atoms with Crippen molar-refractivity contribution in [2.75, 3.05) is 23.6 Å². The molecule has 0 saturated heterocycles. The van der Waals surface area contributed by atoms with E-state index in [1.165, 1.54) is 12.1 Å². The minimum Gasteiger partial charge on any atom is -0.317 e. The van der Waals surface area contributed by atoms with Crippen molar-refractivity contribution in [3.63, 3.8) is 0 Å². The Kier molecular flexibility index (Phi) is 6.24. The van der Waals surface area contributed by atoms with E-state index in [4.69, 9.17) is 0 Å².